The van der Waals surface area contributed by atoms with Gasteiger partial charge >= 0.3 is 0 Å². The maximum absolute atomic E-state index is 13.2. The largest absolute Gasteiger partial charge is 0.355 e. The minimum absolute atomic E-state index is 0.00283. The molecule has 2 rings (SSSR count). The maximum atomic E-state index is 13.2. The van der Waals surface area contributed by atoms with Crippen LogP contribution < -0.4 is 5.32 Å². The summed E-state index contributed by atoms with van der Waals surface area (Å²) in [6, 6.07) is 14.2. The van der Waals surface area contributed by atoms with Crippen LogP contribution in [0, 0.1) is 20.8 Å². The fourth-order valence-electron chi connectivity index (χ4n) is 3.59. The van der Waals surface area contributed by atoms with E-state index in [1.165, 1.54) is 22.3 Å². The van der Waals surface area contributed by atoms with Gasteiger partial charge in [0.25, 0.3) is 0 Å². The SMILES string of the molecule is CCNC(=O)[C@H](CC)N(Cc1ccc(C)cc1)C(=O)CSCc1cc(C)cc(C)c1. The van der Waals surface area contributed by atoms with Gasteiger partial charge in [0.05, 0.1) is 5.75 Å². The molecule has 0 aliphatic rings. The van der Waals surface area contributed by atoms with Gasteiger partial charge in [-0.15, -0.1) is 11.8 Å². The van der Waals surface area contributed by atoms with E-state index in [0.29, 0.717) is 25.3 Å². The Labute approximate surface area is 185 Å². The minimum atomic E-state index is -0.458. The van der Waals surface area contributed by atoms with Crippen molar-refractivity contribution in [2.24, 2.45) is 0 Å². The summed E-state index contributed by atoms with van der Waals surface area (Å²) in [6.45, 7) is 11.1. The molecule has 0 heterocycles. The zero-order valence-electron chi connectivity index (χ0n) is 18.8. The number of benzene rings is 2. The van der Waals surface area contributed by atoms with E-state index in [0.717, 1.165) is 11.3 Å². The number of thioether (sulfide) groups is 1. The molecule has 0 radical (unpaired) electrons. The molecule has 2 aromatic rings. The highest BCUT2D eigenvalue weighted by Gasteiger charge is 2.28. The predicted molar refractivity (Wildman–Crippen MR) is 127 cm³/mol. The first-order chi connectivity index (χ1) is 14.3. The van der Waals surface area contributed by atoms with E-state index in [9.17, 15) is 9.59 Å². The summed E-state index contributed by atoms with van der Waals surface area (Å²) < 4.78 is 0. The van der Waals surface area contributed by atoms with Crippen LogP contribution in [0.15, 0.2) is 42.5 Å². The van der Waals surface area contributed by atoms with E-state index in [1.54, 1.807) is 16.7 Å². The van der Waals surface area contributed by atoms with Gasteiger partial charge in [0, 0.05) is 18.8 Å². The number of carbonyl (C=O) groups excluding carboxylic acids is 2. The van der Waals surface area contributed by atoms with Crippen molar-refractivity contribution in [2.75, 3.05) is 12.3 Å². The Kier molecular flexibility index (Phi) is 9.44. The lowest BCUT2D eigenvalue weighted by Crippen LogP contribution is -2.49. The van der Waals surface area contributed by atoms with Gasteiger partial charge in [-0.2, -0.15) is 0 Å². The Morgan fingerprint density at radius 2 is 1.57 bits per heavy atom. The Bertz CT molecular complexity index is 828. The zero-order chi connectivity index (χ0) is 22.1. The number of amides is 2. The molecule has 0 spiro atoms. The van der Waals surface area contributed by atoms with Crippen LogP contribution in [0.25, 0.3) is 0 Å². The summed E-state index contributed by atoms with van der Waals surface area (Å²) in [5, 5.41) is 2.88. The summed E-state index contributed by atoms with van der Waals surface area (Å²) in [5.74, 6) is 1.06. The molecule has 162 valence electrons. The summed E-state index contributed by atoms with van der Waals surface area (Å²) in [5.41, 5.74) is 5.92. The Morgan fingerprint density at radius 1 is 0.933 bits per heavy atom. The number of rotatable bonds is 10. The third-order valence-corrected chi connectivity index (χ3v) is 5.97. The van der Waals surface area contributed by atoms with Gasteiger partial charge in [-0.25, -0.2) is 0 Å². The number of nitrogens with one attached hydrogen (secondary N) is 1. The van der Waals surface area contributed by atoms with Crippen molar-refractivity contribution >= 4 is 23.6 Å². The second-order valence-electron chi connectivity index (χ2n) is 7.81. The number of hydrogen-bond acceptors (Lipinski definition) is 3. The fourth-order valence-corrected chi connectivity index (χ4v) is 4.44. The quantitative estimate of drug-likeness (QED) is 0.594. The van der Waals surface area contributed by atoms with Crippen LogP contribution in [0.2, 0.25) is 0 Å². The molecule has 0 bridgehead atoms. The molecule has 0 fully saturated rings. The third kappa shape index (κ3) is 7.21. The lowest BCUT2D eigenvalue weighted by molar-refractivity contribution is -0.139. The molecule has 30 heavy (non-hydrogen) atoms. The molecule has 0 aliphatic carbocycles. The first-order valence-electron chi connectivity index (χ1n) is 10.6. The van der Waals surface area contributed by atoms with Crippen molar-refractivity contribution in [3.63, 3.8) is 0 Å². The van der Waals surface area contributed by atoms with Gasteiger partial charge < -0.3 is 10.2 Å². The van der Waals surface area contributed by atoms with Crippen molar-refractivity contribution in [2.45, 2.75) is 59.4 Å². The van der Waals surface area contributed by atoms with Gasteiger partial charge in [-0.05, 0) is 45.2 Å². The number of aryl methyl sites for hydroxylation is 3. The maximum Gasteiger partial charge on any atom is 0.242 e. The van der Waals surface area contributed by atoms with Crippen molar-refractivity contribution in [1.82, 2.24) is 10.2 Å². The molecule has 4 nitrogen and oxygen atoms in total. The molecular formula is C25H34N2O2S. The summed E-state index contributed by atoms with van der Waals surface area (Å²) in [7, 11) is 0. The number of nitrogens with zero attached hydrogens (tertiary/aromatic N) is 1. The molecule has 2 aromatic carbocycles. The van der Waals surface area contributed by atoms with E-state index < -0.39 is 6.04 Å². The van der Waals surface area contributed by atoms with Crippen LogP contribution in [-0.2, 0) is 21.9 Å². The van der Waals surface area contributed by atoms with Crippen LogP contribution in [-0.4, -0.2) is 35.1 Å². The minimum Gasteiger partial charge on any atom is -0.355 e. The molecule has 0 unspecified atom stereocenters. The van der Waals surface area contributed by atoms with Crippen molar-refractivity contribution in [3.8, 4) is 0 Å². The fraction of sp³-hybridized carbons (Fsp3) is 0.440. The summed E-state index contributed by atoms with van der Waals surface area (Å²) in [4.78, 5) is 27.5. The first kappa shape index (κ1) is 24.0. The molecule has 2 amide bonds. The van der Waals surface area contributed by atoms with Crippen LogP contribution in [0.1, 0.15) is 48.1 Å². The highest BCUT2D eigenvalue weighted by molar-refractivity contribution is 7.99. The Morgan fingerprint density at radius 3 is 2.13 bits per heavy atom. The highest BCUT2D eigenvalue weighted by atomic mass is 32.2. The van der Waals surface area contributed by atoms with E-state index in [2.05, 4.69) is 37.4 Å². The summed E-state index contributed by atoms with van der Waals surface area (Å²) >= 11 is 1.60. The number of likely N-dealkylation sites (N-methyl/N-ethyl adjacent to an activating group) is 1. The average molecular weight is 427 g/mol. The second kappa shape index (κ2) is 11.8. The molecule has 1 N–H and O–H groups in total. The Balaban J connectivity index is 2.11. The van der Waals surface area contributed by atoms with Gasteiger partial charge in [-0.3, -0.25) is 9.59 Å². The van der Waals surface area contributed by atoms with E-state index in [1.807, 2.05) is 45.0 Å². The molecule has 1 atom stereocenters. The molecule has 0 aliphatic heterocycles. The van der Waals surface area contributed by atoms with Crippen molar-refractivity contribution < 1.29 is 9.59 Å². The monoisotopic (exact) mass is 426 g/mol. The first-order valence-corrected chi connectivity index (χ1v) is 11.8. The van der Waals surface area contributed by atoms with E-state index >= 15 is 0 Å². The highest BCUT2D eigenvalue weighted by Crippen LogP contribution is 2.19. The van der Waals surface area contributed by atoms with Crippen LogP contribution in [0.4, 0.5) is 0 Å². The zero-order valence-corrected chi connectivity index (χ0v) is 19.6. The van der Waals surface area contributed by atoms with Crippen molar-refractivity contribution in [1.29, 1.82) is 0 Å². The number of carbonyl (C=O) groups is 2. The lowest BCUT2D eigenvalue weighted by atomic mass is 10.1. The molecule has 0 saturated carbocycles. The van der Waals surface area contributed by atoms with Crippen LogP contribution in [0.3, 0.4) is 0 Å². The molecule has 5 heteroatoms. The number of hydrogen-bond donors (Lipinski definition) is 1. The van der Waals surface area contributed by atoms with Gasteiger partial charge in [0.1, 0.15) is 6.04 Å². The molecule has 0 saturated heterocycles. The van der Waals surface area contributed by atoms with E-state index in [-0.39, 0.29) is 11.8 Å². The smallest absolute Gasteiger partial charge is 0.242 e. The van der Waals surface area contributed by atoms with E-state index in [4.69, 9.17) is 0 Å². The van der Waals surface area contributed by atoms with Crippen molar-refractivity contribution in [3.05, 3.63) is 70.3 Å². The Hall–Kier alpha value is -2.27. The topological polar surface area (TPSA) is 49.4 Å². The molecule has 0 aromatic heterocycles. The molecular weight excluding hydrogens is 392 g/mol. The van der Waals surface area contributed by atoms with Gasteiger partial charge in [0.15, 0.2) is 0 Å². The normalized spacial score (nSPS) is 11.8. The van der Waals surface area contributed by atoms with Gasteiger partial charge in [0.2, 0.25) is 11.8 Å². The van der Waals surface area contributed by atoms with Crippen LogP contribution >= 0.6 is 11.8 Å². The average Bonchev–Trinajstić information content (AvgIpc) is 2.68. The summed E-state index contributed by atoms with van der Waals surface area (Å²) in [6.07, 6.45) is 0.588. The van der Waals surface area contributed by atoms with Crippen LogP contribution in [0.5, 0.6) is 0 Å². The van der Waals surface area contributed by atoms with Gasteiger partial charge in [-0.1, -0.05) is 66.1 Å². The predicted octanol–water partition coefficient (Wildman–Crippen LogP) is 4.79. The third-order valence-electron chi connectivity index (χ3n) is 4.99. The lowest BCUT2D eigenvalue weighted by Gasteiger charge is -2.30. The standard InChI is InChI=1S/C25H34N2O2S/c1-6-23(25(29)26-7-2)27(15-21-10-8-18(3)9-11-21)24(28)17-30-16-22-13-19(4)12-20(5)14-22/h8-14,23H,6-7,15-17H2,1-5H3,(H,26,29)/t23-/m0/s1. The second-order valence-corrected chi connectivity index (χ2v) is 8.80.